The number of rotatable bonds is 5. The highest BCUT2D eigenvalue weighted by molar-refractivity contribution is 6.03. The fraction of sp³-hybridized carbons (Fsp3) is 0.400. The molecule has 1 unspecified atom stereocenters. The maximum atomic E-state index is 12.4. The standard InChI is InChI=1S/C20H27N3O/c1-6-14(2)22-17-11-12-21-18(13-17)19(24)23-16-9-7-15(8-10-16)20(3,4)5/h7-14H,6H2,1-5H3,(H,21,22)(H,23,24). The first-order valence-electron chi connectivity index (χ1n) is 8.44. The highest BCUT2D eigenvalue weighted by Crippen LogP contribution is 2.23. The molecule has 2 N–H and O–H groups in total. The van der Waals surface area contributed by atoms with Crippen LogP contribution in [0.15, 0.2) is 42.6 Å². The summed E-state index contributed by atoms with van der Waals surface area (Å²) in [6.45, 7) is 10.7. The number of hydrogen-bond acceptors (Lipinski definition) is 3. The monoisotopic (exact) mass is 325 g/mol. The minimum absolute atomic E-state index is 0.0973. The molecule has 0 spiro atoms. The van der Waals surface area contributed by atoms with Gasteiger partial charge in [0.1, 0.15) is 5.69 Å². The Balaban J connectivity index is 2.08. The zero-order chi connectivity index (χ0) is 17.7. The molecule has 0 bridgehead atoms. The average molecular weight is 325 g/mol. The summed E-state index contributed by atoms with van der Waals surface area (Å²) in [5, 5.41) is 6.26. The van der Waals surface area contributed by atoms with E-state index in [1.807, 2.05) is 30.3 Å². The van der Waals surface area contributed by atoms with E-state index >= 15 is 0 Å². The van der Waals surface area contributed by atoms with Crippen LogP contribution in [0.5, 0.6) is 0 Å². The second-order valence-corrected chi connectivity index (χ2v) is 7.16. The third kappa shape index (κ3) is 4.82. The van der Waals surface area contributed by atoms with Crippen LogP contribution >= 0.6 is 0 Å². The topological polar surface area (TPSA) is 54.0 Å². The number of pyridine rings is 1. The minimum atomic E-state index is -0.202. The van der Waals surface area contributed by atoms with Crippen molar-refractivity contribution < 1.29 is 4.79 Å². The van der Waals surface area contributed by atoms with Crippen LogP contribution in [-0.4, -0.2) is 16.9 Å². The van der Waals surface area contributed by atoms with E-state index in [-0.39, 0.29) is 11.3 Å². The molecule has 2 aromatic rings. The van der Waals surface area contributed by atoms with Gasteiger partial charge in [-0.2, -0.15) is 0 Å². The molecule has 1 amide bonds. The molecule has 0 saturated carbocycles. The zero-order valence-electron chi connectivity index (χ0n) is 15.2. The third-order valence-corrected chi connectivity index (χ3v) is 4.03. The Morgan fingerprint density at radius 1 is 1.12 bits per heavy atom. The van der Waals surface area contributed by atoms with Crippen LogP contribution in [0, 0.1) is 0 Å². The fourth-order valence-electron chi connectivity index (χ4n) is 2.28. The van der Waals surface area contributed by atoms with Crippen molar-refractivity contribution in [2.45, 2.75) is 52.5 Å². The average Bonchev–Trinajstić information content (AvgIpc) is 2.54. The molecule has 128 valence electrons. The van der Waals surface area contributed by atoms with Crippen molar-refractivity contribution in [3.63, 3.8) is 0 Å². The van der Waals surface area contributed by atoms with Gasteiger partial charge in [0.05, 0.1) is 0 Å². The van der Waals surface area contributed by atoms with Crippen molar-refractivity contribution in [1.29, 1.82) is 0 Å². The molecule has 1 aromatic carbocycles. The molecule has 0 saturated heterocycles. The predicted molar refractivity (Wildman–Crippen MR) is 101 cm³/mol. The van der Waals surface area contributed by atoms with Crippen molar-refractivity contribution in [2.24, 2.45) is 0 Å². The fourth-order valence-corrected chi connectivity index (χ4v) is 2.28. The Morgan fingerprint density at radius 3 is 2.38 bits per heavy atom. The van der Waals surface area contributed by atoms with Gasteiger partial charge in [0.2, 0.25) is 0 Å². The first-order chi connectivity index (χ1) is 11.3. The lowest BCUT2D eigenvalue weighted by Gasteiger charge is -2.19. The molecule has 0 aliphatic rings. The second-order valence-electron chi connectivity index (χ2n) is 7.16. The molecular formula is C20H27N3O. The van der Waals surface area contributed by atoms with Crippen LogP contribution in [0.2, 0.25) is 0 Å². The summed E-state index contributed by atoms with van der Waals surface area (Å²) in [6, 6.07) is 12.0. The van der Waals surface area contributed by atoms with Gasteiger partial charge in [-0.3, -0.25) is 9.78 Å². The lowest BCUT2D eigenvalue weighted by molar-refractivity contribution is 0.102. The lowest BCUT2D eigenvalue weighted by atomic mass is 9.87. The van der Waals surface area contributed by atoms with Crippen LogP contribution in [0.3, 0.4) is 0 Å². The number of aromatic nitrogens is 1. The number of benzene rings is 1. The molecule has 0 aliphatic carbocycles. The Hall–Kier alpha value is -2.36. The molecule has 0 radical (unpaired) electrons. The van der Waals surface area contributed by atoms with E-state index < -0.39 is 0 Å². The smallest absolute Gasteiger partial charge is 0.274 e. The number of anilines is 2. The summed E-state index contributed by atoms with van der Waals surface area (Å²) in [5.74, 6) is -0.202. The van der Waals surface area contributed by atoms with Gasteiger partial charge in [0.15, 0.2) is 0 Å². The Labute approximate surface area is 144 Å². The minimum Gasteiger partial charge on any atom is -0.382 e. The number of carbonyl (C=O) groups excluding carboxylic acids is 1. The molecule has 24 heavy (non-hydrogen) atoms. The summed E-state index contributed by atoms with van der Waals surface area (Å²) in [7, 11) is 0. The molecule has 4 nitrogen and oxygen atoms in total. The van der Waals surface area contributed by atoms with Gasteiger partial charge in [-0.05, 0) is 48.6 Å². The summed E-state index contributed by atoms with van der Waals surface area (Å²) in [6.07, 6.45) is 2.67. The molecule has 1 aromatic heterocycles. The Kier molecular flexibility index (Phi) is 5.60. The van der Waals surface area contributed by atoms with E-state index in [4.69, 9.17) is 0 Å². The molecule has 0 fully saturated rings. The summed E-state index contributed by atoms with van der Waals surface area (Å²) in [5.41, 5.74) is 3.42. The summed E-state index contributed by atoms with van der Waals surface area (Å²) < 4.78 is 0. The first kappa shape index (κ1) is 18.0. The molecular weight excluding hydrogens is 298 g/mol. The van der Waals surface area contributed by atoms with Crippen LogP contribution in [0.4, 0.5) is 11.4 Å². The van der Waals surface area contributed by atoms with Crippen LogP contribution in [0.25, 0.3) is 0 Å². The van der Waals surface area contributed by atoms with Crippen LogP contribution < -0.4 is 10.6 Å². The molecule has 1 atom stereocenters. The quantitative estimate of drug-likeness (QED) is 0.827. The normalized spacial score (nSPS) is 12.5. The highest BCUT2D eigenvalue weighted by atomic mass is 16.1. The van der Waals surface area contributed by atoms with Gasteiger partial charge >= 0.3 is 0 Å². The van der Waals surface area contributed by atoms with Crippen LogP contribution in [-0.2, 0) is 5.41 Å². The molecule has 4 heteroatoms. The second kappa shape index (κ2) is 7.47. The van der Waals surface area contributed by atoms with Gasteiger partial charge in [-0.15, -0.1) is 0 Å². The van der Waals surface area contributed by atoms with E-state index in [2.05, 4.69) is 50.2 Å². The molecule has 2 rings (SSSR count). The van der Waals surface area contributed by atoms with Crippen molar-refractivity contribution >= 4 is 17.3 Å². The van der Waals surface area contributed by atoms with Crippen molar-refractivity contribution in [2.75, 3.05) is 10.6 Å². The molecule has 1 heterocycles. The molecule has 0 aliphatic heterocycles. The van der Waals surface area contributed by atoms with E-state index in [1.54, 1.807) is 12.3 Å². The number of carbonyl (C=O) groups is 1. The maximum Gasteiger partial charge on any atom is 0.274 e. The predicted octanol–water partition coefficient (Wildman–Crippen LogP) is 4.84. The van der Waals surface area contributed by atoms with Gasteiger partial charge in [0, 0.05) is 23.6 Å². The Morgan fingerprint density at radius 2 is 1.79 bits per heavy atom. The van der Waals surface area contributed by atoms with Gasteiger partial charge in [-0.25, -0.2) is 0 Å². The van der Waals surface area contributed by atoms with E-state index in [9.17, 15) is 4.79 Å². The summed E-state index contributed by atoms with van der Waals surface area (Å²) >= 11 is 0. The highest BCUT2D eigenvalue weighted by Gasteiger charge is 2.14. The summed E-state index contributed by atoms with van der Waals surface area (Å²) in [4.78, 5) is 16.6. The SMILES string of the molecule is CCC(C)Nc1ccnc(C(=O)Nc2ccc(C(C)(C)C)cc2)c1. The first-order valence-corrected chi connectivity index (χ1v) is 8.44. The maximum absolute atomic E-state index is 12.4. The van der Waals surface area contributed by atoms with E-state index in [1.165, 1.54) is 5.56 Å². The zero-order valence-corrected chi connectivity index (χ0v) is 15.2. The van der Waals surface area contributed by atoms with E-state index in [0.29, 0.717) is 11.7 Å². The van der Waals surface area contributed by atoms with Gasteiger partial charge in [0.25, 0.3) is 5.91 Å². The number of nitrogens with zero attached hydrogens (tertiary/aromatic N) is 1. The number of hydrogen-bond donors (Lipinski definition) is 2. The van der Waals surface area contributed by atoms with Crippen molar-refractivity contribution in [3.05, 3.63) is 53.9 Å². The van der Waals surface area contributed by atoms with Gasteiger partial charge < -0.3 is 10.6 Å². The van der Waals surface area contributed by atoms with Crippen molar-refractivity contribution in [3.8, 4) is 0 Å². The van der Waals surface area contributed by atoms with E-state index in [0.717, 1.165) is 17.8 Å². The van der Waals surface area contributed by atoms with Crippen LogP contribution in [0.1, 0.15) is 57.1 Å². The number of nitrogens with one attached hydrogen (secondary N) is 2. The number of amides is 1. The third-order valence-electron chi connectivity index (χ3n) is 4.03. The lowest BCUT2D eigenvalue weighted by Crippen LogP contribution is -2.17. The Bertz CT molecular complexity index is 687. The van der Waals surface area contributed by atoms with Gasteiger partial charge in [-0.1, -0.05) is 39.8 Å². The largest absolute Gasteiger partial charge is 0.382 e. The van der Waals surface area contributed by atoms with Crippen molar-refractivity contribution in [1.82, 2.24) is 4.98 Å².